The Morgan fingerprint density at radius 2 is 2.06 bits per heavy atom. The molecule has 1 unspecified atom stereocenters. The first-order valence-electron chi connectivity index (χ1n) is 12.1. The van der Waals surface area contributed by atoms with Gasteiger partial charge in [0.05, 0.1) is 23.1 Å². The molecule has 0 saturated carbocycles. The van der Waals surface area contributed by atoms with Crippen molar-refractivity contribution in [2.45, 2.75) is 69.9 Å². The zero-order chi connectivity index (χ0) is 25.1. The van der Waals surface area contributed by atoms with Crippen LogP contribution in [0.15, 0.2) is 35.4 Å². The van der Waals surface area contributed by atoms with Crippen LogP contribution in [0, 0.1) is 12.8 Å². The summed E-state index contributed by atoms with van der Waals surface area (Å²) in [6.45, 7) is 12.7. The summed E-state index contributed by atoms with van der Waals surface area (Å²) >= 11 is 1.75. The average molecular weight is 493 g/mol. The van der Waals surface area contributed by atoms with Crippen molar-refractivity contribution in [3.05, 3.63) is 47.2 Å². The molecule has 7 heteroatoms. The Balaban J connectivity index is 1.84. The molecule has 5 rings (SSSR count). The molecular weight excluding hydrogens is 460 g/mol. The van der Waals surface area contributed by atoms with Crippen molar-refractivity contribution in [2.75, 3.05) is 11.9 Å². The highest BCUT2D eigenvalue weighted by atomic mass is 32.2. The molecule has 0 radical (unpaired) electrons. The Kier molecular flexibility index (Phi) is 5.96. The van der Waals surface area contributed by atoms with Gasteiger partial charge in [-0.2, -0.15) is 0 Å². The molecule has 2 atom stereocenters. The van der Waals surface area contributed by atoms with Gasteiger partial charge in [-0.05, 0) is 69.0 Å². The van der Waals surface area contributed by atoms with E-state index in [9.17, 15) is 9.90 Å². The first-order chi connectivity index (χ1) is 16.5. The largest absolute Gasteiger partial charge is 0.493 e. The fourth-order valence-electron chi connectivity index (χ4n) is 4.95. The van der Waals surface area contributed by atoms with Crippen molar-refractivity contribution in [1.82, 2.24) is 4.98 Å². The maximum absolute atomic E-state index is 12.6. The molecule has 3 aromatic rings. The van der Waals surface area contributed by atoms with Crippen LogP contribution >= 0.6 is 11.8 Å². The van der Waals surface area contributed by atoms with Crippen LogP contribution in [0.1, 0.15) is 57.4 Å². The molecule has 35 heavy (non-hydrogen) atoms. The number of nitrogens with one attached hydrogen (secondary N) is 1. The Morgan fingerprint density at radius 1 is 1.29 bits per heavy atom. The molecule has 3 heterocycles. The average Bonchev–Trinajstić information content (AvgIpc) is 3.21. The van der Waals surface area contributed by atoms with Crippen molar-refractivity contribution >= 4 is 34.3 Å². The highest BCUT2D eigenvalue weighted by Crippen LogP contribution is 2.52. The standard InChI is InChI=1S/C28H32N2O4S/c1-14(2)26-30-18-13-15(3)20(24(27(31)32)34-28(4,5)6)22(25(18)35-26)17-7-8-19-21-16(10-12-33-19)9-11-29-23(17)21/h7-9,11,13-14,24,26,30H,10,12H2,1-6H3,(H,31,32)/t24-,26?/m0/s1. The van der Waals surface area contributed by atoms with Crippen LogP contribution in [0.3, 0.4) is 0 Å². The number of rotatable bonds is 5. The third-order valence-corrected chi connectivity index (χ3v) is 8.05. The lowest BCUT2D eigenvalue weighted by atomic mass is 9.88. The first kappa shape index (κ1) is 23.9. The quantitative estimate of drug-likeness (QED) is 0.416. The van der Waals surface area contributed by atoms with E-state index >= 15 is 0 Å². The summed E-state index contributed by atoms with van der Waals surface area (Å²) < 4.78 is 12.1. The van der Waals surface area contributed by atoms with E-state index in [0.717, 1.165) is 50.3 Å². The lowest BCUT2D eigenvalue weighted by molar-refractivity contribution is -0.160. The summed E-state index contributed by atoms with van der Waals surface area (Å²) in [7, 11) is 0. The smallest absolute Gasteiger partial charge is 0.337 e. The molecule has 2 N–H and O–H groups in total. The summed E-state index contributed by atoms with van der Waals surface area (Å²) in [5, 5.41) is 15.2. The van der Waals surface area contributed by atoms with Gasteiger partial charge in [-0.3, -0.25) is 4.98 Å². The predicted octanol–water partition coefficient (Wildman–Crippen LogP) is 6.59. The molecule has 2 aliphatic rings. The SMILES string of the molecule is Cc1cc2c(c(-c3ccc4c5c(ccnc35)CCO4)c1[C@H](OC(C)(C)C)C(=O)O)SC(C(C)C)N2. The third kappa shape index (κ3) is 4.25. The van der Waals surface area contributed by atoms with E-state index in [1.165, 1.54) is 5.56 Å². The van der Waals surface area contributed by atoms with Gasteiger partial charge in [0.15, 0.2) is 6.10 Å². The second-order valence-electron chi connectivity index (χ2n) is 10.6. The van der Waals surface area contributed by atoms with Gasteiger partial charge in [0, 0.05) is 45.3 Å². The Labute approximate surface area is 210 Å². The molecule has 0 fully saturated rings. The molecule has 1 aromatic heterocycles. The van der Waals surface area contributed by atoms with E-state index < -0.39 is 17.7 Å². The number of aromatic nitrogens is 1. The van der Waals surface area contributed by atoms with E-state index in [4.69, 9.17) is 14.5 Å². The second-order valence-corrected chi connectivity index (χ2v) is 11.8. The van der Waals surface area contributed by atoms with Crippen LogP contribution in [0.2, 0.25) is 0 Å². The lowest BCUT2D eigenvalue weighted by Crippen LogP contribution is -2.28. The maximum atomic E-state index is 12.6. The van der Waals surface area contributed by atoms with E-state index in [0.29, 0.717) is 18.1 Å². The maximum Gasteiger partial charge on any atom is 0.337 e. The molecule has 0 saturated heterocycles. The van der Waals surface area contributed by atoms with Crippen molar-refractivity contribution in [2.24, 2.45) is 5.92 Å². The molecule has 184 valence electrons. The van der Waals surface area contributed by atoms with Crippen molar-refractivity contribution in [1.29, 1.82) is 0 Å². The van der Waals surface area contributed by atoms with Gasteiger partial charge < -0.3 is 19.9 Å². The number of ether oxygens (including phenoxy) is 2. The van der Waals surface area contributed by atoms with Crippen LogP contribution in [-0.4, -0.2) is 33.6 Å². The molecule has 2 aromatic carbocycles. The van der Waals surface area contributed by atoms with Gasteiger partial charge in [-0.25, -0.2) is 4.79 Å². The number of hydrogen-bond donors (Lipinski definition) is 2. The zero-order valence-corrected chi connectivity index (χ0v) is 21.9. The number of carbonyl (C=O) groups is 1. The van der Waals surface area contributed by atoms with E-state index in [2.05, 4.69) is 25.2 Å². The molecule has 0 spiro atoms. The van der Waals surface area contributed by atoms with Gasteiger partial charge in [0.1, 0.15) is 5.75 Å². The first-order valence-corrected chi connectivity index (χ1v) is 13.0. The van der Waals surface area contributed by atoms with Crippen molar-refractivity contribution in [3.8, 4) is 16.9 Å². The van der Waals surface area contributed by atoms with Crippen LogP contribution in [-0.2, 0) is 16.0 Å². The summed E-state index contributed by atoms with van der Waals surface area (Å²) in [5.74, 6) is 0.225. The van der Waals surface area contributed by atoms with Crippen LogP contribution in [0.4, 0.5) is 5.69 Å². The minimum atomic E-state index is -1.11. The highest BCUT2D eigenvalue weighted by Gasteiger charge is 2.36. The summed E-state index contributed by atoms with van der Waals surface area (Å²) in [6.07, 6.45) is 1.55. The second kappa shape index (κ2) is 8.71. The minimum Gasteiger partial charge on any atom is -0.493 e. The fourth-order valence-corrected chi connectivity index (χ4v) is 6.25. The van der Waals surface area contributed by atoms with Gasteiger partial charge in [0.2, 0.25) is 0 Å². The van der Waals surface area contributed by atoms with Crippen molar-refractivity contribution < 1.29 is 19.4 Å². The van der Waals surface area contributed by atoms with E-state index in [1.807, 2.05) is 52.1 Å². The number of pyridine rings is 1. The fraction of sp³-hybridized carbons (Fsp3) is 0.429. The van der Waals surface area contributed by atoms with Gasteiger partial charge in [-0.15, -0.1) is 0 Å². The van der Waals surface area contributed by atoms with Gasteiger partial charge in [0.25, 0.3) is 0 Å². The van der Waals surface area contributed by atoms with E-state index in [1.54, 1.807) is 11.8 Å². The topological polar surface area (TPSA) is 80.7 Å². The van der Waals surface area contributed by atoms with Crippen LogP contribution in [0.5, 0.6) is 5.75 Å². The molecule has 2 aliphatic heterocycles. The lowest BCUT2D eigenvalue weighted by Gasteiger charge is -2.29. The van der Waals surface area contributed by atoms with E-state index in [-0.39, 0.29) is 5.37 Å². The highest BCUT2D eigenvalue weighted by molar-refractivity contribution is 8.00. The number of fused-ring (bicyclic) bond motifs is 1. The number of carboxylic acid groups (broad SMARTS) is 1. The molecule has 6 nitrogen and oxygen atoms in total. The third-order valence-electron chi connectivity index (χ3n) is 6.47. The normalized spacial score (nSPS) is 17.7. The number of anilines is 1. The molecule has 0 bridgehead atoms. The Hall–Kier alpha value is -2.77. The van der Waals surface area contributed by atoms with Crippen LogP contribution in [0.25, 0.3) is 22.0 Å². The van der Waals surface area contributed by atoms with Gasteiger partial charge >= 0.3 is 5.97 Å². The monoisotopic (exact) mass is 492 g/mol. The Morgan fingerprint density at radius 3 is 2.74 bits per heavy atom. The number of thioether (sulfide) groups is 1. The minimum absolute atomic E-state index is 0.196. The van der Waals surface area contributed by atoms with Crippen molar-refractivity contribution in [3.63, 3.8) is 0 Å². The molecular formula is C28H32N2O4S. The number of aryl methyl sites for hydroxylation is 1. The number of carboxylic acids is 1. The van der Waals surface area contributed by atoms with Crippen LogP contribution < -0.4 is 10.1 Å². The number of aliphatic carboxylic acids is 1. The predicted molar refractivity (Wildman–Crippen MR) is 140 cm³/mol. The molecule has 0 amide bonds. The number of benzene rings is 2. The number of nitrogens with zero attached hydrogens (tertiary/aromatic N) is 1. The zero-order valence-electron chi connectivity index (χ0n) is 21.1. The Bertz CT molecular complexity index is 1320. The molecule has 0 aliphatic carbocycles. The summed E-state index contributed by atoms with van der Waals surface area (Å²) in [4.78, 5) is 18.5. The number of hydrogen-bond acceptors (Lipinski definition) is 6. The van der Waals surface area contributed by atoms with Gasteiger partial charge in [-0.1, -0.05) is 25.6 Å². The summed E-state index contributed by atoms with van der Waals surface area (Å²) in [6, 6.07) is 8.13. The summed E-state index contributed by atoms with van der Waals surface area (Å²) in [5.41, 5.74) is 5.80.